The number of hydrogen-bond acceptors (Lipinski definition) is 2. The van der Waals surface area contributed by atoms with Crippen LogP contribution in [0.4, 0.5) is 0 Å². The Morgan fingerprint density at radius 3 is 2.85 bits per heavy atom. The summed E-state index contributed by atoms with van der Waals surface area (Å²) >= 11 is 2.02. The van der Waals surface area contributed by atoms with E-state index < -0.39 is 0 Å². The molecule has 1 N–H and O–H groups in total. The highest BCUT2D eigenvalue weighted by Crippen LogP contribution is 2.16. The topological polar surface area (TPSA) is 27.1 Å². The van der Waals surface area contributed by atoms with Crippen molar-refractivity contribution < 1.29 is 0 Å². The molecule has 0 aromatic heterocycles. The zero-order chi connectivity index (χ0) is 9.84. The van der Waals surface area contributed by atoms with Gasteiger partial charge in [0, 0.05) is 24.8 Å². The van der Waals surface area contributed by atoms with Crippen molar-refractivity contribution in [1.82, 2.24) is 4.90 Å². The molecule has 1 saturated heterocycles. The molecule has 3 heteroatoms. The first kappa shape index (κ1) is 10.9. The van der Waals surface area contributed by atoms with Crippen LogP contribution in [0.25, 0.3) is 0 Å². The molecule has 0 radical (unpaired) electrons. The number of nitrogens with one attached hydrogen (secondary N) is 1. The van der Waals surface area contributed by atoms with Crippen molar-refractivity contribution in [3.05, 3.63) is 0 Å². The molecule has 0 amide bonds. The Kier molecular flexibility index (Phi) is 4.10. The van der Waals surface area contributed by atoms with E-state index in [1.807, 2.05) is 11.8 Å². The second kappa shape index (κ2) is 4.89. The SMILES string of the molecule is CC1CSCCN(C(=N)C(C)C)C1. The summed E-state index contributed by atoms with van der Waals surface area (Å²) in [6.45, 7) is 8.62. The summed E-state index contributed by atoms with van der Waals surface area (Å²) in [5.41, 5.74) is 0. The van der Waals surface area contributed by atoms with Crippen LogP contribution in [0.1, 0.15) is 20.8 Å². The fourth-order valence-electron chi connectivity index (χ4n) is 1.56. The van der Waals surface area contributed by atoms with E-state index >= 15 is 0 Å². The van der Waals surface area contributed by atoms with Crippen LogP contribution in [0.2, 0.25) is 0 Å². The number of nitrogens with zero attached hydrogens (tertiary/aromatic N) is 1. The molecule has 1 aliphatic rings. The maximum absolute atomic E-state index is 7.94. The van der Waals surface area contributed by atoms with E-state index in [9.17, 15) is 0 Å². The van der Waals surface area contributed by atoms with Crippen LogP contribution in [0.5, 0.6) is 0 Å². The lowest BCUT2D eigenvalue weighted by Gasteiger charge is -2.27. The third-order valence-corrected chi connectivity index (χ3v) is 3.60. The molecule has 13 heavy (non-hydrogen) atoms. The molecule has 0 saturated carbocycles. The van der Waals surface area contributed by atoms with Crippen LogP contribution in [-0.4, -0.2) is 35.3 Å². The average Bonchev–Trinajstić information content (AvgIpc) is 2.28. The van der Waals surface area contributed by atoms with Gasteiger partial charge in [0.25, 0.3) is 0 Å². The molecule has 76 valence electrons. The highest BCUT2D eigenvalue weighted by molar-refractivity contribution is 7.99. The van der Waals surface area contributed by atoms with Crippen molar-refractivity contribution in [2.45, 2.75) is 20.8 Å². The van der Waals surface area contributed by atoms with Gasteiger partial charge in [-0.1, -0.05) is 20.8 Å². The molecule has 2 nitrogen and oxygen atoms in total. The van der Waals surface area contributed by atoms with Crippen LogP contribution >= 0.6 is 11.8 Å². The highest BCUT2D eigenvalue weighted by Gasteiger charge is 2.18. The largest absolute Gasteiger partial charge is 0.359 e. The minimum absolute atomic E-state index is 0.371. The molecular weight excluding hydrogens is 180 g/mol. The average molecular weight is 200 g/mol. The quantitative estimate of drug-likeness (QED) is 0.519. The molecular formula is C10H20N2S. The summed E-state index contributed by atoms with van der Waals surface area (Å²) in [5.74, 6) is 4.35. The van der Waals surface area contributed by atoms with Crippen LogP contribution < -0.4 is 0 Å². The second-order valence-electron chi connectivity index (χ2n) is 4.17. The van der Waals surface area contributed by atoms with Crippen LogP contribution in [0.3, 0.4) is 0 Å². The summed E-state index contributed by atoms with van der Waals surface area (Å²) in [6, 6.07) is 0. The summed E-state index contributed by atoms with van der Waals surface area (Å²) in [7, 11) is 0. The number of amidine groups is 1. The molecule has 1 heterocycles. The Balaban J connectivity index is 2.52. The fraction of sp³-hybridized carbons (Fsp3) is 0.900. The minimum atomic E-state index is 0.371. The Morgan fingerprint density at radius 2 is 2.23 bits per heavy atom. The fourth-order valence-corrected chi connectivity index (χ4v) is 2.59. The lowest BCUT2D eigenvalue weighted by Crippen LogP contribution is -2.37. The molecule has 0 aromatic rings. The van der Waals surface area contributed by atoms with Crippen LogP contribution in [0.15, 0.2) is 0 Å². The first-order valence-corrected chi connectivity index (χ1v) is 6.18. The molecule has 0 spiro atoms. The maximum Gasteiger partial charge on any atom is 0.0984 e. The molecule has 0 aliphatic carbocycles. The molecule has 1 aliphatic heterocycles. The number of rotatable bonds is 1. The first-order valence-electron chi connectivity index (χ1n) is 5.02. The van der Waals surface area contributed by atoms with Crippen molar-refractivity contribution in [3.63, 3.8) is 0 Å². The molecule has 0 bridgehead atoms. The van der Waals surface area contributed by atoms with Crippen molar-refractivity contribution in [3.8, 4) is 0 Å². The van der Waals surface area contributed by atoms with Gasteiger partial charge < -0.3 is 4.90 Å². The lowest BCUT2D eigenvalue weighted by atomic mass is 10.1. The Labute approximate surface area is 85.6 Å². The highest BCUT2D eigenvalue weighted by atomic mass is 32.2. The van der Waals surface area contributed by atoms with E-state index in [4.69, 9.17) is 5.41 Å². The first-order chi connectivity index (χ1) is 6.11. The summed E-state index contributed by atoms with van der Waals surface area (Å²) in [5, 5.41) is 7.94. The van der Waals surface area contributed by atoms with Gasteiger partial charge in [0.1, 0.15) is 0 Å². The van der Waals surface area contributed by atoms with Crippen molar-refractivity contribution in [1.29, 1.82) is 5.41 Å². The Hall–Kier alpha value is -0.180. The zero-order valence-corrected chi connectivity index (χ0v) is 9.66. The summed E-state index contributed by atoms with van der Waals surface area (Å²) in [4.78, 5) is 2.25. The van der Waals surface area contributed by atoms with Gasteiger partial charge in [-0.05, 0) is 11.7 Å². The Bertz CT molecular complexity index is 180. The van der Waals surface area contributed by atoms with E-state index in [-0.39, 0.29) is 0 Å². The molecule has 1 atom stereocenters. The Morgan fingerprint density at radius 1 is 1.54 bits per heavy atom. The van der Waals surface area contributed by atoms with Gasteiger partial charge in [0.15, 0.2) is 0 Å². The van der Waals surface area contributed by atoms with E-state index in [1.54, 1.807) is 0 Å². The number of thioether (sulfide) groups is 1. The van der Waals surface area contributed by atoms with Gasteiger partial charge >= 0.3 is 0 Å². The monoisotopic (exact) mass is 200 g/mol. The zero-order valence-electron chi connectivity index (χ0n) is 8.84. The van der Waals surface area contributed by atoms with Crippen molar-refractivity contribution in [2.24, 2.45) is 11.8 Å². The summed E-state index contributed by atoms with van der Waals surface area (Å²) in [6.07, 6.45) is 0. The predicted molar refractivity (Wildman–Crippen MR) is 60.6 cm³/mol. The van der Waals surface area contributed by atoms with Gasteiger partial charge in [-0.25, -0.2) is 0 Å². The normalized spacial score (nSPS) is 24.6. The third-order valence-electron chi connectivity index (χ3n) is 2.33. The van der Waals surface area contributed by atoms with Crippen molar-refractivity contribution >= 4 is 17.6 Å². The van der Waals surface area contributed by atoms with Gasteiger partial charge in [-0.3, -0.25) is 5.41 Å². The molecule has 1 fully saturated rings. The molecule has 0 aromatic carbocycles. The lowest BCUT2D eigenvalue weighted by molar-refractivity contribution is 0.376. The van der Waals surface area contributed by atoms with Crippen LogP contribution in [-0.2, 0) is 0 Å². The van der Waals surface area contributed by atoms with E-state index in [2.05, 4.69) is 25.7 Å². The minimum Gasteiger partial charge on any atom is -0.359 e. The number of hydrogen-bond donors (Lipinski definition) is 1. The second-order valence-corrected chi connectivity index (χ2v) is 5.32. The van der Waals surface area contributed by atoms with Crippen LogP contribution in [0, 0.1) is 17.2 Å². The van der Waals surface area contributed by atoms with Crippen molar-refractivity contribution in [2.75, 3.05) is 24.6 Å². The smallest absolute Gasteiger partial charge is 0.0984 e. The standard InChI is InChI=1S/C10H20N2S/c1-8(2)10(11)12-4-5-13-7-9(3)6-12/h8-9,11H,4-7H2,1-3H3. The maximum atomic E-state index is 7.94. The summed E-state index contributed by atoms with van der Waals surface area (Å²) < 4.78 is 0. The van der Waals surface area contributed by atoms with E-state index in [0.717, 1.165) is 24.8 Å². The van der Waals surface area contributed by atoms with Gasteiger partial charge in [-0.15, -0.1) is 0 Å². The van der Waals surface area contributed by atoms with E-state index in [1.165, 1.54) is 11.5 Å². The van der Waals surface area contributed by atoms with Gasteiger partial charge in [0.2, 0.25) is 0 Å². The predicted octanol–water partition coefficient (Wildman–Crippen LogP) is 2.30. The van der Waals surface area contributed by atoms with E-state index in [0.29, 0.717) is 5.92 Å². The third kappa shape index (κ3) is 3.22. The van der Waals surface area contributed by atoms with Gasteiger partial charge in [0.05, 0.1) is 5.84 Å². The van der Waals surface area contributed by atoms with Gasteiger partial charge in [-0.2, -0.15) is 11.8 Å². The molecule has 1 unspecified atom stereocenters. The molecule has 1 rings (SSSR count).